The highest BCUT2D eigenvalue weighted by Gasteiger charge is 2.52. The van der Waals surface area contributed by atoms with E-state index in [1.807, 2.05) is 6.07 Å². The molecule has 2 aromatic rings. The predicted octanol–water partition coefficient (Wildman–Crippen LogP) is 5.09. The molecule has 2 aromatic carbocycles. The van der Waals surface area contributed by atoms with Crippen molar-refractivity contribution in [1.82, 2.24) is 10.2 Å². The molecule has 2 amide bonds. The zero-order chi connectivity index (χ0) is 23.8. The van der Waals surface area contributed by atoms with Crippen LogP contribution in [0, 0.1) is 5.82 Å². The summed E-state index contributed by atoms with van der Waals surface area (Å²) in [4.78, 5) is 22.1. The summed E-state index contributed by atoms with van der Waals surface area (Å²) in [7, 11) is 0. The summed E-state index contributed by atoms with van der Waals surface area (Å²) in [6.45, 7) is 3.61. The Morgan fingerprint density at radius 3 is 2.69 bits per heavy atom. The van der Waals surface area contributed by atoms with E-state index in [1.165, 1.54) is 48.2 Å². The number of aliphatic imine (C=N–C) groups is 1. The third-order valence-corrected chi connectivity index (χ3v) is 8.29. The van der Waals surface area contributed by atoms with Gasteiger partial charge in [0.25, 0.3) is 0 Å². The molecule has 3 heterocycles. The minimum Gasteiger partial charge on any atom is -0.384 e. The monoisotopic (exact) mass is 475 g/mol. The lowest BCUT2D eigenvalue weighted by Gasteiger charge is -2.46. The summed E-state index contributed by atoms with van der Waals surface area (Å²) in [6.07, 6.45) is 8.56. The number of piperidine rings is 1. The van der Waals surface area contributed by atoms with Gasteiger partial charge in [-0.3, -0.25) is 9.80 Å². The summed E-state index contributed by atoms with van der Waals surface area (Å²) in [5, 5.41) is 7.24. The Hall–Kier alpha value is -2.93. The van der Waals surface area contributed by atoms with Crippen LogP contribution in [0.1, 0.15) is 56.1 Å². The molecule has 0 atom stereocenters. The molecule has 4 aliphatic rings. The van der Waals surface area contributed by atoms with Gasteiger partial charge in [0.05, 0.1) is 0 Å². The number of carbonyl (C=O) groups excluding carboxylic acids is 1. The van der Waals surface area contributed by atoms with Crippen molar-refractivity contribution in [3.8, 4) is 0 Å². The molecule has 1 spiro atoms. The van der Waals surface area contributed by atoms with Gasteiger partial charge >= 0.3 is 6.03 Å². The van der Waals surface area contributed by atoms with Gasteiger partial charge in [0, 0.05) is 43.6 Å². The molecule has 1 saturated carbocycles. The van der Waals surface area contributed by atoms with Crippen LogP contribution in [-0.4, -0.2) is 48.0 Å². The zero-order valence-corrected chi connectivity index (χ0v) is 20.2. The third-order valence-electron chi connectivity index (χ3n) is 8.29. The summed E-state index contributed by atoms with van der Waals surface area (Å²) in [6, 6.07) is 13.1. The van der Waals surface area contributed by atoms with Gasteiger partial charge in [-0.05, 0) is 61.4 Å². The lowest BCUT2D eigenvalue weighted by atomic mass is 9.83. The van der Waals surface area contributed by atoms with E-state index in [0.29, 0.717) is 11.7 Å². The van der Waals surface area contributed by atoms with Crippen molar-refractivity contribution in [2.45, 2.75) is 69.5 Å². The highest BCUT2D eigenvalue weighted by molar-refractivity contribution is 6.16. The minimum absolute atomic E-state index is 0.285. The number of para-hydroxylation sites is 1. The average Bonchev–Trinajstić information content (AvgIpc) is 3.45. The van der Waals surface area contributed by atoms with E-state index in [2.05, 4.69) is 38.7 Å². The Morgan fingerprint density at radius 1 is 1.09 bits per heavy atom. The number of urea groups is 1. The molecule has 6 nitrogen and oxygen atoms in total. The number of amides is 2. The average molecular weight is 476 g/mol. The summed E-state index contributed by atoms with van der Waals surface area (Å²) >= 11 is 0. The second-order valence-corrected chi connectivity index (χ2v) is 10.5. The number of likely N-dealkylation sites (tertiary alicyclic amines) is 1. The van der Waals surface area contributed by atoms with Crippen LogP contribution in [0.4, 0.5) is 20.6 Å². The highest BCUT2D eigenvalue weighted by atomic mass is 19.1. The van der Waals surface area contributed by atoms with E-state index >= 15 is 0 Å². The Kier molecular flexibility index (Phi) is 5.96. The van der Waals surface area contributed by atoms with Gasteiger partial charge < -0.3 is 10.6 Å². The van der Waals surface area contributed by atoms with E-state index in [9.17, 15) is 9.18 Å². The van der Waals surface area contributed by atoms with Crippen LogP contribution in [0.5, 0.6) is 0 Å². The summed E-state index contributed by atoms with van der Waals surface area (Å²) < 4.78 is 14.2. The van der Waals surface area contributed by atoms with Crippen molar-refractivity contribution in [1.29, 1.82) is 0 Å². The first-order chi connectivity index (χ1) is 17.1. The van der Waals surface area contributed by atoms with Crippen molar-refractivity contribution in [2.75, 3.05) is 29.9 Å². The molecular weight excluding hydrogens is 441 g/mol. The van der Waals surface area contributed by atoms with Crippen molar-refractivity contribution in [3.05, 3.63) is 59.4 Å². The molecule has 1 aliphatic carbocycles. The largest absolute Gasteiger partial charge is 0.384 e. The molecule has 35 heavy (non-hydrogen) atoms. The number of nitrogens with zero attached hydrogens (tertiary/aromatic N) is 3. The van der Waals surface area contributed by atoms with Gasteiger partial charge in [-0.15, -0.1) is 0 Å². The number of hydrogen-bond acceptors (Lipinski definition) is 4. The number of anilines is 2. The van der Waals surface area contributed by atoms with E-state index in [0.717, 1.165) is 64.1 Å². The fourth-order valence-electron chi connectivity index (χ4n) is 6.44. The molecule has 7 heteroatoms. The van der Waals surface area contributed by atoms with Gasteiger partial charge in [0.15, 0.2) is 0 Å². The number of amidine groups is 1. The molecular formula is C28H34FN5O. The Morgan fingerprint density at radius 2 is 1.89 bits per heavy atom. The first-order valence-corrected chi connectivity index (χ1v) is 13.1. The number of nitrogens with one attached hydrogen (secondary N) is 2. The normalized spacial score (nSPS) is 22.3. The van der Waals surface area contributed by atoms with Gasteiger partial charge in [0.1, 0.15) is 17.2 Å². The zero-order valence-electron chi connectivity index (χ0n) is 20.2. The molecule has 3 aliphatic heterocycles. The number of halogens is 1. The quantitative estimate of drug-likeness (QED) is 0.647. The SMILES string of the molecule is O=C1N=C(NC2CCCCC2)C2(CCN(Cc3cccc4c3NCC4)CC2)N1c1cccc(F)c1. The van der Waals surface area contributed by atoms with Crippen LogP contribution in [0.15, 0.2) is 47.5 Å². The van der Waals surface area contributed by atoms with Crippen LogP contribution in [0.3, 0.4) is 0 Å². The number of benzene rings is 2. The van der Waals surface area contributed by atoms with Gasteiger partial charge in [0.2, 0.25) is 0 Å². The van der Waals surface area contributed by atoms with Gasteiger partial charge in [-0.2, -0.15) is 4.99 Å². The molecule has 184 valence electrons. The Balaban J connectivity index is 1.25. The molecule has 6 rings (SSSR count). The molecule has 0 unspecified atom stereocenters. The third kappa shape index (κ3) is 4.20. The van der Waals surface area contributed by atoms with Crippen LogP contribution in [-0.2, 0) is 13.0 Å². The first kappa shape index (κ1) is 22.5. The van der Waals surface area contributed by atoms with E-state index in [-0.39, 0.29) is 11.8 Å². The predicted molar refractivity (Wildman–Crippen MR) is 138 cm³/mol. The maximum Gasteiger partial charge on any atom is 0.350 e. The van der Waals surface area contributed by atoms with E-state index in [4.69, 9.17) is 0 Å². The maximum absolute atomic E-state index is 14.2. The smallest absolute Gasteiger partial charge is 0.350 e. The second-order valence-electron chi connectivity index (χ2n) is 10.5. The minimum atomic E-state index is -0.546. The lowest BCUT2D eigenvalue weighted by molar-refractivity contribution is 0.182. The summed E-state index contributed by atoms with van der Waals surface area (Å²) in [5.74, 6) is 0.461. The molecule has 2 N–H and O–H groups in total. The first-order valence-electron chi connectivity index (χ1n) is 13.1. The molecule has 0 bridgehead atoms. The molecule has 0 radical (unpaired) electrons. The number of fused-ring (bicyclic) bond motifs is 1. The fourth-order valence-corrected chi connectivity index (χ4v) is 6.44. The van der Waals surface area contributed by atoms with Crippen LogP contribution in [0.2, 0.25) is 0 Å². The Labute approximate surface area is 206 Å². The van der Waals surface area contributed by atoms with Crippen molar-refractivity contribution in [2.24, 2.45) is 4.99 Å². The number of carbonyl (C=O) groups is 1. The second kappa shape index (κ2) is 9.26. The van der Waals surface area contributed by atoms with Crippen molar-refractivity contribution < 1.29 is 9.18 Å². The maximum atomic E-state index is 14.2. The van der Waals surface area contributed by atoms with E-state index in [1.54, 1.807) is 11.0 Å². The van der Waals surface area contributed by atoms with Crippen molar-refractivity contribution in [3.63, 3.8) is 0 Å². The summed E-state index contributed by atoms with van der Waals surface area (Å²) in [5.41, 5.74) is 4.09. The molecule has 1 saturated heterocycles. The Bertz CT molecular complexity index is 1130. The number of rotatable bonds is 4. The van der Waals surface area contributed by atoms with Crippen molar-refractivity contribution >= 4 is 23.2 Å². The molecule has 0 aromatic heterocycles. The number of hydrogen-bond donors (Lipinski definition) is 2. The van der Waals surface area contributed by atoms with Gasteiger partial charge in [-0.25, -0.2) is 9.18 Å². The van der Waals surface area contributed by atoms with Crippen LogP contribution in [0.25, 0.3) is 0 Å². The van der Waals surface area contributed by atoms with Crippen LogP contribution >= 0.6 is 0 Å². The fraction of sp³-hybridized carbons (Fsp3) is 0.500. The standard InChI is InChI=1S/C28H34FN5O/c29-22-8-5-11-24(18-22)34-27(35)32-26(31-23-9-2-1-3-10-23)28(34)13-16-33(17-14-28)19-21-7-4-6-20-12-15-30-25(20)21/h4-8,11,18,23,30H,1-3,9-10,12-17,19H2,(H,31,32,35). The molecule has 2 fully saturated rings. The van der Waals surface area contributed by atoms with E-state index < -0.39 is 5.54 Å². The van der Waals surface area contributed by atoms with Gasteiger partial charge in [-0.1, -0.05) is 43.5 Å². The van der Waals surface area contributed by atoms with Crippen LogP contribution < -0.4 is 15.5 Å². The topological polar surface area (TPSA) is 60.0 Å². The highest BCUT2D eigenvalue weighted by Crippen LogP contribution is 2.40. The lowest BCUT2D eigenvalue weighted by Crippen LogP contribution is -2.62.